The summed E-state index contributed by atoms with van der Waals surface area (Å²) >= 11 is 0. The van der Waals surface area contributed by atoms with E-state index in [0.29, 0.717) is 17.6 Å². The Morgan fingerprint density at radius 3 is 2.77 bits per heavy atom. The monoisotopic (exact) mass is 419 g/mol. The Labute approximate surface area is 183 Å². The molecular weight excluding hydrogens is 390 g/mol. The Bertz CT molecular complexity index is 1020. The minimum Gasteiger partial charge on any atom is -0.497 e. The lowest BCUT2D eigenvalue weighted by Crippen LogP contribution is -2.33. The summed E-state index contributed by atoms with van der Waals surface area (Å²) in [7, 11) is 3.78. The van der Waals surface area contributed by atoms with Crippen molar-refractivity contribution < 1.29 is 13.9 Å². The van der Waals surface area contributed by atoms with Crippen LogP contribution in [-0.2, 0) is 6.54 Å². The number of nitrogens with one attached hydrogen (secondary N) is 1. The smallest absolute Gasteiger partial charge is 0.278 e. The van der Waals surface area contributed by atoms with Gasteiger partial charge in [-0.05, 0) is 43.7 Å². The summed E-state index contributed by atoms with van der Waals surface area (Å²) in [5.74, 6) is 0.823. The zero-order chi connectivity index (χ0) is 21.6. The average Bonchev–Trinajstić information content (AvgIpc) is 3.31. The highest BCUT2D eigenvalue weighted by Gasteiger charge is 2.22. The second kappa shape index (κ2) is 9.79. The number of carbonyl (C=O) groups excluding carboxylic acids is 1. The quantitative estimate of drug-likeness (QED) is 0.558. The molecule has 0 atom stereocenters. The molecule has 162 valence electrons. The number of anilines is 1. The third-order valence-corrected chi connectivity index (χ3v) is 6.00. The van der Waals surface area contributed by atoms with Crippen LogP contribution in [0.1, 0.15) is 48.2 Å². The van der Waals surface area contributed by atoms with Crippen LogP contribution in [-0.4, -0.2) is 36.0 Å². The molecule has 1 saturated carbocycles. The molecule has 3 aromatic rings. The van der Waals surface area contributed by atoms with E-state index in [0.717, 1.165) is 23.4 Å². The molecule has 6 heteroatoms. The SMILES string of the molecule is COc1cccc(-c2ocnc2C(=O)Nc2ccccc2CN(C)C2CCCCC2)c1. The van der Waals surface area contributed by atoms with Crippen molar-refractivity contribution >= 4 is 11.6 Å². The Balaban J connectivity index is 1.52. The molecule has 1 aliphatic rings. The first-order valence-electron chi connectivity index (χ1n) is 10.8. The largest absolute Gasteiger partial charge is 0.497 e. The van der Waals surface area contributed by atoms with E-state index in [1.807, 2.05) is 42.5 Å². The summed E-state index contributed by atoms with van der Waals surface area (Å²) in [6.45, 7) is 0.794. The van der Waals surface area contributed by atoms with Crippen molar-refractivity contribution in [2.45, 2.75) is 44.7 Å². The molecule has 2 aromatic carbocycles. The maximum absolute atomic E-state index is 13.1. The fourth-order valence-corrected chi connectivity index (χ4v) is 4.26. The zero-order valence-corrected chi connectivity index (χ0v) is 18.1. The number of aromatic nitrogens is 1. The second-order valence-electron chi connectivity index (χ2n) is 8.08. The number of carbonyl (C=O) groups is 1. The second-order valence-corrected chi connectivity index (χ2v) is 8.08. The van der Waals surface area contributed by atoms with E-state index in [2.05, 4.69) is 28.3 Å². The van der Waals surface area contributed by atoms with Gasteiger partial charge >= 0.3 is 0 Å². The molecule has 1 amide bonds. The Morgan fingerprint density at radius 1 is 1.16 bits per heavy atom. The first-order chi connectivity index (χ1) is 15.2. The van der Waals surface area contributed by atoms with Crippen LogP contribution in [0.2, 0.25) is 0 Å². The van der Waals surface area contributed by atoms with Crippen LogP contribution in [0.25, 0.3) is 11.3 Å². The summed E-state index contributed by atoms with van der Waals surface area (Å²) in [5.41, 5.74) is 2.89. The molecule has 1 aromatic heterocycles. The van der Waals surface area contributed by atoms with Crippen LogP contribution in [0.4, 0.5) is 5.69 Å². The molecule has 4 rings (SSSR count). The molecule has 0 spiro atoms. The van der Waals surface area contributed by atoms with Crippen molar-refractivity contribution in [3.05, 3.63) is 66.2 Å². The molecule has 0 aliphatic heterocycles. The van der Waals surface area contributed by atoms with Crippen molar-refractivity contribution in [2.75, 3.05) is 19.5 Å². The van der Waals surface area contributed by atoms with Gasteiger partial charge in [0.25, 0.3) is 5.91 Å². The maximum atomic E-state index is 13.1. The fourth-order valence-electron chi connectivity index (χ4n) is 4.26. The number of ether oxygens (including phenoxy) is 1. The lowest BCUT2D eigenvalue weighted by molar-refractivity contribution is 0.102. The van der Waals surface area contributed by atoms with E-state index >= 15 is 0 Å². The van der Waals surface area contributed by atoms with Gasteiger partial charge in [0.2, 0.25) is 0 Å². The Kier molecular flexibility index (Phi) is 6.67. The molecule has 1 heterocycles. The minimum absolute atomic E-state index is 0.253. The molecule has 6 nitrogen and oxygen atoms in total. The molecule has 0 bridgehead atoms. The number of hydrogen-bond donors (Lipinski definition) is 1. The molecule has 1 fully saturated rings. The predicted octanol–water partition coefficient (Wildman–Crippen LogP) is 5.37. The van der Waals surface area contributed by atoms with Gasteiger partial charge in [0.15, 0.2) is 17.8 Å². The van der Waals surface area contributed by atoms with Crippen molar-refractivity contribution in [3.63, 3.8) is 0 Å². The minimum atomic E-state index is -0.292. The third kappa shape index (κ3) is 4.97. The Morgan fingerprint density at radius 2 is 1.97 bits per heavy atom. The first kappa shape index (κ1) is 21.1. The molecule has 31 heavy (non-hydrogen) atoms. The number of amides is 1. The van der Waals surface area contributed by atoms with Gasteiger partial charge in [0, 0.05) is 23.8 Å². The fraction of sp³-hybridized carbons (Fsp3) is 0.360. The van der Waals surface area contributed by atoms with Crippen molar-refractivity contribution in [2.24, 2.45) is 0 Å². The van der Waals surface area contributed by atoms with Gasteiger partial charge in [-0.2, -0.15) is 0 Å². The van der Waals surface area contributed by atoms with E-state index in [1.54, 1.807) is 7.11 Å². The molecule has 0 unspecified atom stereocenters. The topological polar surface area (TPSA) is 67.6 Å². The lowest BCUT2D eigenvalue weighted by atomic mass is 9.94. The van der Waals surface area contributed by atoms with Crippen LogP contribution in [0.15, 0.2) is 59.3 Å². The lowest BCUT2D eigenvalue weighted by Gasteiger charge is -2.31. The van der Waals surface area contributed by atoms with Gasteiger partial charge in [0.05, 0.1) is 7.11 Å². The molecular formula is C25H29N3O3. The number of methoxy groups -OCH3 is 1. The Hall–Kier alpha value is -3.12. The third-order valence-electron chi connectivity index (χ3n) is 6.00. The van der Waals surface area contributed by atoms with Gasteiger partial charge in [0.1, 0.15) is 5.75 Å². The highest BCUT2D eigenvalue weighted by atomic mass is 16.5. The van der Waals surface area contributed by atoms with Crippen LogP contribution < -0.4 is 10.1 Å². The van der Waals surface area contributed by atoms with Crippen LogP contribution >= 0.6 is 0 Å². The highest BCUT2D eigenvalue weighted by molar-refractivity contribution is 6.06. The number of nitrogens with zero attached hydrogens (tertiary/aromatic N) is 2. The van der Waals surface area contributed by atoms with Gasteiger partial charge in [-0.3, -0.25) is 9.69 Å². The predicted molar refractivity (Wildman–Crippen MR) is 121 cm³/mol. The summed E-state index contributed by atoms with van der Waals surface area (Å²) < 4.78 is 10.8. The van der Waals surface area contributed by atoms with Crippen LogP contribution in [0, 0.1) is 0 Å². The molecule has 1 aliphatic carbocycles. The molecule has 0 saturated heterocycles. The number of hydrogen-bond acceptors (Lipinski definition) is 5. The maximum Gasteiger partial charge on any atom is 0.278 e. The van der Waals surface area contributed by atoms with E-state index < -0.39 is 0 Å². The molecule has 0 radical (unpaired) electrons. The van der Waals surface area contributed by atoms with Crippen molar-refractivity contribution in [1.82, 2.24) is 9.88 Å². The van der Waals surface area contributed by atoms with E-state index in [9.17, 15) is 4.79 Å². The van der Waals surface area contributed by atoms with Gasteiger partial charge in [-0.15, -0.1) is 0 Å². The van der Waals surface area contributed by atoms with Crippen molar-refractivity contribution in [1.29, 1.82) is 0 Å². The number of benzene rings is 2. The van der Waals surface area contributed by atoms with Crippen LogP contribution in [0.5, 0.6) is 5.75 Å². The van der Waals surface area contributed by atoms with Crippen molar-refractivity contribution in [3.8, 4) is 17.1 Å². The van der Waals surface area contributed by atoms with Gasteiger partial charge in [-0.25, -0.2) is 4.98 Å². The van der Waals surface area contributed by atoms with Gasteiger partial charge < -0.3 is 14.5 Å². The van der Waals surface area contributed by atoms with E-state index in [-0.39, 0.29) is 11.6 Å². The van der Waals surface area contributed by atoms with Crippen LogP contribution in [0.3, 0.4) is 0 Å². The van der Waals surface area contributed by atoms with E-state index in [1.165, 1.54) is 38.5 Å². The van der Waals surface area contributed by atoms with E-state index in [4.69, 9.17) is 9.15 Å². The zero-order valence-electron chi connectivity index (χ0n) is 18.1. The summed E-state index contributed by atoms with van der Waals surface area (Å²) in [4.78, 5) is 19.7. The number of rotatable bonds is 7. The standard InChI is InChI=1S/C25H29N3O3/c1-28(20-11-4-3-5-12-20)16-19-9-6-7-14-22(19)27-25(29)23-24(31-17-26-23)18-10-8-13-21(15-18)30-2/h6-10,13-15,17,20H,3-5,11-12,16H2,1-2H3,(H,27,29). The van der Waals surface area contributed by atoms with Gasteiger partial charge in [-0.1, -0.05) is 49.6 Å². The summed E-state index contributed by atoms with van der Waals surface area (Å²) in [6.07, 6.45) is 7.72. The summed E-state index contributed by atoms with van der Waals surface area (Å²) in [5, 5.41) is 3.04. The first-order valence-corrected chi connectivity index (χ1v) is 10.8. The average molecular weight is 420 g/mol. The summed E-state index contributed by atoms with van der Waals surface area (Å²) in [6, 6.07) is 16.0. The molecule has 1 N–H and O–H groups in total. The number of para-hydroxylation sites is 1. The normalized spacial score (nSPS) is 14.5. The highest BCUT2D eigenvalue weighted by Crippen LogP contribution is 2.28. The number of oxazole rings is 1.